The molecule has 0 radical (unpaired) electrons. The van der Waals surface area contributed by atoms with Crippen molar-refractivity contribution in [1.82, 2.24) is 9.80 Å². The minimum Gasteiger partial charge on any atom is -0.492 e. The molecular formula is C30H42N4O4. The fraction of sp³-hybridized carbons (Fsp3) is 0.533. The number of para-hydroxylation sites is 1. The quantitative estimate of drug-likeness (QED) is 0.571. The van der Waals surface area contributed by atoms with Gasteiger partial charge in [-0.15, -0.1) is 0 Å². The van der Waals surface area contributed by atoms with Crippen molar-refractivity contribution in [2.75, 3.05) is 76.4 Å². The molecule has 2 aliphatic rings. The number of anilines is 2. The molecule has 0 unspecified atom stereocenters. The first kappa shape index (κ1) is 27.9. The van der Waals surface area contributed by atoms with Gasteiger partial charge in [0.05, 0.1) is 12.3 Å². The van der Waals surface area contributed by atoms with Gasteiger partial charge in [-0.2, -0.15) is 0 Å². The van der Waals surface area contributed by atoms with Crippen LogP contribution in [0.25, 0.3) is 0 Å². The summed E-state index contributed by atoms with van der Waals surface area (Å²) in [7, 11) is 3.61. The molecule has 0 saturated carbocycles. The minimum atomic E-state index is -0.0718. The molecule has 38 heavy (non-hydrogen) atoms. The van der Waals surface area contributed by atoms with Crippen molar-refractivity contribution in [3.63, 3.8) is 0 Å². The van der Waals surface area contributed by atoms with Crippen LogP contribution in [-0.2, 0) is 16.1 Å². The maximum absolute atomic E-state index is 14.0. The number of likely N-dealkylation sites (N-methyl/N-ethyl adjacent to an activating group) is 1. The Balaban J connectivity index is 1.67. The van der Waals surface area contributed by atoms with Crippen molar-refractivity contribution in [3.8, 4) is 5.75 Å². The summed E-state index contributed by atoms with van der Waals surface area (Å²) in [6, 6.07) is 13.7. The highest BCUT2D eigenvalue weighted by Crippen LogP contribution is 2.33. The molecule has 0 atom stereocenters. The second-order valence-corrected chi connectivity index (χ2v) is 10.2. The summed E-state index contributed by atoms with van der Waals surface area (Å²) in [4.78, 5) is 35.3. The van der Waals surface area contributed by atoms with E-state index in [1.165, 1.54) is 6.42 Å². The molecule has 2 aliphatic heterocycles. The van der Waals surface area contributed by atoms with Gasteiger partial charge in [0.15, 0.2) is 0 Å². The predicted molar refractivity (Wildman–Crippen MR) is 151 cm³/mol. The Kier molecular flexibility index (Phi) is 10.0. The van der Waals surface area contributed by atoms with Crippen LogP contribution in [0.2, 0.25) is 0 Å². The lowest BCUT2D eigenvalue weighted by molar-refractivity contribution is -0.122. The average molecular weight is 523 g/mol. The molecule has 0 N–H and O–H groups in total. The standard InChI is InChI=1S/C30H42N4O4/c1-4-38-28-14-13-24(21-27(28)32-16-8-5-9-17-32)30(36)33-20-19-31(2)15-10-18-34(29(35)23-37-3)26-12-7-6-11-25(26)22-33/h6-7,11-14,21H,4-5,8-10,15-20,22-23H2,1-3H3. The number of rotatable bonds is 6. The Morgan fingerprint density at radius 2 is 1.66 bits per heavy atom. The zero-order valence-electron chi connectivity index (χ0n) is 23.2. The van der Waals surface area contributed by atoms with Crippen molar-refractivity contribution in [2.24, 2.45) is 0 Å². The first-order chi connectivity index (χ1) is 18.5. The molecule has 2 aromatic carbocycles. The summed E-state index contributed by atoms with van der Waals surface area (Å²) < 4.78 is 11.1. The van der Waals surface area contributed by atoms with E-state index in [9.17, 15) is 9.59 Å². The Morgan fingerprint density at radius 3 is 2.42 bits per heavy atom. The van der Waals surface area contributed by atoms with Crippen LogP contribution in [0.15, 0.2) is 42.5 Å². The second-order valence-electron chi connectivity index (χ2n) is 10.2. The third kappa shape index (κ3) is 6.85. The molecule has 8 nitrogen and oxygen atoms in total. The first-order valence-electron chi connectivity index (χ1n) is 13.9. The van der Waals surface area contributed by atoms with Crippen molar-refractivity contribution in [3.05, 3.63) is 53.6 Å². The summed E-state index contributed by atoms with van der Waals surface area (Å²) in [5.41, 5.74) is 3.47. The molecule has 0 aromatic heterocycles. The fourth-order valence-electron chi connectivity index (χ4n) is 5.34. The number of hydrogen-bond donors (Lipinski definition) is 0. The number of hydrogen-bond acceptors (Lipinski definition) is 6. The molecule has 0 aliphatic carbocycles. The van der Waals surface area contributed by atoms with Crippen LogP contribution in [0.4, 0.5) is 11.4 Å². The van der Waals surface area contributed by atoms with Gasteiger partial charge in [0, 0.05) is 57.6 Å². The van der Waals surface area contributed by atoms with Gasteiger partial charge < -0.3 is 29.1 Å². The maximum atomic E-state index is 14.0. The van der Waals surface area contributed by atoms with E-state index in [0.717, 1.165) is 68.1 Å². The van der Waals surface area contributed by atoms with Crippen LogP contribution in [0.1, 0.15) is 48.5 Å². The predicted octanol–water partition coefficient (Wildman–Crippen LogP) is 4.03. The van der Waals surface area contributed by atoms with Gasteiger partial charge in [0.2, 0.25) is 0 Å². The van der Waals surface area contributed by atoms with E-state index >= 15 is 0 Å². The fourth-order valence-corrected chi connectivity index (χ4v) is 5.34. The lowest BCUT2D eigenvalue weighted by Gasteiger charge is -2.31. The van der Waals surface area contributed by atoms with Gasteiger partial charge >= 0.3 is 0 Å². The average Bonchev–Trinajstić information content (AvgIpc) is 2.97. The topological polar surface area (TPSA) is 65.6 Å². The Labute approximate surface area is 227 Å². The molecule has 2 heterocycles. The summed E-state index contributed by atoms with van der Waals surface area (Å²) in [6.07, 6.45) is 4.38. The van der Waals surface area contributed by atoms with Crippen LogP contribution in [0.3, 0.4) is 0 Å². The zero-order valence-corrected chi connectivity index (χ0v) is 23.2. The van der Waals surface area contributed by atoms with E-state index < -0.39 is 0 Å². The molecular weight excluding hydrogens is 480 g/mol. The van der Waals surface area contributed by atoms with Crippen LogP contribution < -0.4 is 14.5 Å². The smallest absolute Gasteiger partial charge is 0.254 e. The molecule has 2 aromatic rings. The number of ether oxygens (including phenoxy) is 2. The highest BCUT2D eigenvalue weighted by atomic mass is 16.5. The van der Waals surface area contributed by atoms with Gasteiger partial charge in [0.1, 0.15) is 12.4 Å². The normalized spacial score (nSPS) is 17.5. The number of amides is 2. The summed E-state index contributed by atoms with van der Waals surface area (Å²) >= 11 is 0. The highest BCUT2D eigenvalue weighted by Gasteiger charge is 2.25. The lowest BCUT2D eigenvalue weighted by Crippen LogP contribution is -2.37. The first-order valence-corrected chi connectivity index (χ1v) is 13.9. The van der Waals surface area contributed by atoms with Crippen LogP contribution in [0, 0.1) is 0 Å². The molecule has 206 valence electrons. The summed E-state index contributed by atoms with van der Waals surface area (Å²) in [6.45, 7) is 7.78. The van der Waals surface area contributed by atoms with Crippen molar-refractivity contribution >= 4 is 23.2 Å². The Hall–Kier alpha value is -3.10. The largest absolute Gasteiger partial charge is 0.492 e. The lowest BCUT2D eigenvalue weighted by atomic mass is 10.1. The van der Waals surface area contributed by atoms with E-state index in [2.05, 4.69) is 16.8 Å². The Bertz CT molecular complexity index is 1090. The molecule has 1 fully saturated rings. The molecule has 8 heteroatoms. The second kappa shape index (κ2) is 13.6. The Morgan fingerprint density at radius 1 is 0.868 bits per heavy atom. The maximum Gasteiger partial charge on any atom is 0.254 e. The molecule has 4 rings (SSSR count). The van der Waals surface area contributed by atoms with Gasteiger partial charge in [-0.1, -0.05) is 18.2 Å². The number of fused-ring (bicyclic) bond motifs is 1. The van der Waals surface area contributed by atoms with Crippen molar-refractivity contribution in [2.45, 2.75) is 39.2 Å². The molecule has 0 spiro atoms. The number of benzene rings is 2. The monoisotopic (exact) mass is 522 g/mol. The minimum absolute atomic E-state index is 0.0106. The van der Waals surface area contributed by atoms with Crippen LogP contribution in [0.5, 0.6) is 5.75 Å². The van der Waals surface area contributed by atoms with E-state index in [-0.39, 0.29) is 18.4 Å². The number of carbonyl (C=O) groups excluding carboxylic acids is 2. The van der Waals surface area contributed by atoms with E-state index in [0.29, 0.717) is 31.8 Å². The summed E-state index contributed by atoms with van der Waals surface area (Å²) in [5.74, 6) is 0.752. The molecule has 2 amide bonds. The van der Waals surface area contributed by atoms with Gasteiger partial charge in [0.25, 0.3) is 11.8 Å². The number of carbonyl (C=O) groups is 2. The van der Waals surface area contributed by atoms with Crippen LogP contribution in [-0.4, -0.2) is 88.3 Å². The van der Waals surface area contributed by atoms with E-state index in [1.54, 1.807) is 7.11 Å². The molecule has 1 saturated heterocycles. The SMILES string of the molecule is CCOc1ccc(C(=O)N2CCN(C)CCCN(C(=O)COC)c3ccccc3C2)cc1N1CCCCC1. The van der Waals surface area contributed by atoms with Crippen LogP contribution >= 0.6 is 0 Å². The highest BCUT2D eigenvalue weighted by molar-refractivity contribution is 5.97. The van der Waals surface area contributed by atoms with Crippen molar-refractivity contribution < 1.29 is 19.1 Å². The van der Waals surface area contributed by atoms with E-state index in [4.69, 9.17) is 9.47 Å². The van der Waals surface area contributed by atoms with Crippen molar-refractivity contribution in [1.29, 1.82) is 0 Å². The van der Waals surface area contributed by atoms with Gasteiger partial charge in [-0.25, -0.2) is 0 Å². The number of nitrogens with zero attached hydrogens (tertiary/aromatic N) is 4. The third-order valence-corrected chi connectivity index (χ3v) is 7.38. The van der Waals surface area contributed by atoms with E-state index in [1.807, 2.05) is 59.2 Å². The van der Waals surface area contributed by atoms with Gasteiger partial charge in [-0.3, -0.25) is 9.59 Å². The number of piperidine rings is 1. The van der Waals surface area contributed by atoms with Gasteiger partial charge in [-0.05, 0) is 76.0 Å². The number of methoxy groups -OCH3 is 1. The molecule has 0 bridgehead atoms. The third-order valence-electron chi connectivity index (χ3n) is 7.38. The summed E-state index contributed by atoms with van der Waals surface area (Å²) in [5, 5.41) is 0. The zero-order chi connectivity index (χ0) is 26.9.